The number of hydrogen-bond donors (Lipinski definition) is 0. The van der Waals surface area contributed by atoms with Gasteiger partial charge in [0, 0.05) is 39.0 Å². The van der Waals surface area contributed by atoms with Gasteiger partial charge in [-0.25, -0.2) is 0 Å². The molecular formula is C16H24N4O3. The van der Waals surface area contributed by atoms with E-state index < -0.39 is 5.41 Å². The second-order valence-electron chi connectivity index (χ2n) is 7.10. The molecule has 0 saturated carbocycles. The van der Waals surface area contributed by atoms with Gasteiger partial charge in [-0.05, 0) is 19.3 Å². The molecule has 1 aromatic rings. The van der Waals surface area contributed by atoms with Crippen LogP contribution in [0.2, 0.25) is 0 Å². The van der Waals surface area contributed by atoms with E-state index in [1.54, 1.807) is 13.8 Å². The predicted octanol–water partition coefficient (Wildman–Crippen LogP) is 0.982. The minimum atomic E-state index is -0.435. The molecular weight excluding hydrogens is 296 g/mol. The Hall–Kier alpha value is -1.92. The summed E-state index contributed by atoms with van der Waals surface area (Å²) < 4.78 is 5.49. The van der Waals surface area contributed by atoms with Crippen LogP contribution in [-0.2, 0) is 15.0 Å². The number of likely N-dealkylation sites (tertiary alicyclic amines) is 2. The summed E-state index contributed by atoms with van der Waals surface area (Å²) in [5.41, 5.74) is -0.435. The molecule has 7 heteroatoms. The van der Waals surface area contributed by atoms with Gasteiger partial charge in [-0.2, -0.15) is 4.98 Å². The molecule has 0 bridgehead atoms. The molecule has 7 nitrogen and oxygen atoms in total. The molecule has 2 saturated heterocycles. The highest BCUT2D eigenvalue weighted by Gasteiger charge is 2.55. The minimum absolute atomic E-state index is 0.0412. The number of nitrogens with zero attached hydrogens (tertiary/aromatic N) is 4. The maximum absolute atomic E-state index is 12.5. The number of aromatic nitrogens is 2. The van der Waals surface area contributed by atoms with E-state index in [9.17, 15) is 9.59 Å². The summed E-state index contributed by atoms with van der Waals surface area (Å²) in [6.07, 6.45) is 0.850. The molecule has 2 fully saturated rings. The van der Waals surface area contributed by atoms with Crippen molar-refractivity contribution in [3.05, 3.63) is 11.7 Å². The molecule has 23 heavy (non-hydrogen) atoms. The second-order valence-corrected chi connectivity index (χ2v) is 7.10. The van der Waals surface area contributed by atoms with Gasteiger partial charge in [0.1, 0.15) is 0 Å². The molecule has 0 aliphatic carbocycles. The van der Waals surface area contributed by atoms with E-state index in [0.717, 1.165) is 13.0 Å². The average Bonchev–Trinajstić information content (AvgIpc) is 3.09. The number of aryl methyl sites for hydroxylation is 1. The van der Waals surface area contributed by atoms with E-state index in [4.69, 9.17) is 4.52 Å². The molecule has 2 aliphatic heterocycles. The minimum Gasteiger partial charge on any atom is -0.342 e. The first-order valence-electron chi connectivity index (χ1n) is 8.18. The molecule has 0 N–H and O–H groups in total. The van der Waals surface area contributed by atoms with Crippen LogP contribution in [0, 0.1) is 18.8 Å². The fourth-order valence-electron chi connectivity index (χ4n) is 3.86. The predicted molar refractivity (Wildman–Crippen MR) is 82.5 cm³/mol. The fourth-order valence-corrected chi connectivity index (χ4v) is 3.86. The molecule has 0 unspecified atom stereocenters. The van der Waals surface area contributed by atoms with E-state index in [-0.39, 0.29) is 23.7 Å². The van der Waals surface area contributed by atoms with E-state index in [1.165, 1.54) is 0 Å². The third-order valence-electron chi connectivity index (χ3n) is 5.12. The summed E-state index contributed by atoms with van der Waals surface area (Å²) in [7, 11) is 0. The van der Waals surface area contributed by atoms with E-state index in [0.29, 0.717) is 31.3 Å². The van der Waals surface area contributed by atoms with Gasteiger partial charge < -0.3 is 14.3 Å². The normalized spacial score (nSPS) is 27.4. The zero-order valence-corrected chi connectivity index (χ0v) is 14.2. The van der Waals surface area contributed by atoms with Crippen molar-refractivity contribution in [1.29, 1.82) is 0 Å². The standard InChI is InChI=1S/C16H24N4O3/c1-10(2)14(22)20-7-13-5-6-19(12(4)21)8-16(13,9-20)15-17-11(3)18-23-15/h10,13H,5-9H2,1-4H3/t13-,16-/m0/s1. The van der Waals surface area contributed by atoms with Crippen LogP contribution in [0.3, 0.4) is 0 Å². The topological polar surface area (TPSA) is 79.5 Å². The van der Waals surface area contributed by atoms with Crippen molar-refractivity contribution in [2.75, 3.05) is 26.2 Å². The quantitative estimate of drug-likeness (QED) is 0.811. The number of rotatable bonds is 2. The Morgan fingerprint density at radius 3 is 2.57 bits per heavy atom. The monoisotopic (exact) mass is 320 g/mol. The van der Waals surface area contributed by atoms with Gasteiger partial charge >= 0.3 is 0 Å². The van der Waals surface area contributed by atoms with Crippen molar-refractivity contribution >= 4 is 11.8 Å². The summed E-state index contributed by atoms with van der Waals surface area (Å²) in [5.74, 6) is 1.55. The van der Waals surface area contributed by atoms with Crippen LogP contribution in [0.25, 0.3) is 0 Å². The summed E-state index contributed by atoms with van der Waals surface area (Å²) in [5, 5.41) is 3.93. The van der Waals surface area contributed by atoms with Crippen LogP contribution in [0.4, 0.5) is 0 Å². The Morgan fingerprint density at radius 2 is 2.00 bits per heavy atom. The van der Waals surface area contributed by atoms with Crippen molar-refractivity contribution < 1.29 is 14.1 Å². The van der Waals surface area contributed by atoms with Crippen LogP contribution in [0.5, 0.6) is 0 Å². The summed E-state index contributed by atoms with van der Waals surface area (Å²) >= 11 is 0. The molecule has 2 aliphatic rings. The fraction of sp³-hybridized carbons (Fsp3) is 0.750. The number of carbonyl (C=O) groups excluding carboxylic acids is 2. The van der Waals surface area contributed by atoms with Gasteiger partial charge in [0.05, 0.1) is 5.41 Å². The molecule has 2 amide bonds. The first-order valence-corrected chi connectivity index (χ1v) is 8.18. The van der Waals surface area contributed by atoms with Gasteiger partial charge in [0.25, 0.3) is 0 Å². The van der Waals surface area contributed by atoms with Gasteiger partial charge in [0.2, 0.25) is 17.7 Å². The van der Waals surface area contributed by atoms with Crippen LogP contribution in [-0.4, -0.2) is 57.9 Å². The first kappa shape index (κ1) is 16.0. The van der Waals surface area contributed by atoms with Crippen molar-refractivity contribution in [3.63, 3.8) is 0 Å². The number of carbonyl (C=O) groups is 2. The van der Waals surface area contributed by atoms with Gasteiger partial charge in [-0.1, -0.05) is 19.0 Å². The van der Waals surface area contributed by atoms with Crippen molar-refractivity contribution in [2.45, 2.75) is 39.5 Å². The number of piperidine rings is 1. The first-order chi connectivity index (χ1) is 10.8. The van der Waals surface area contributed by atoms with Crippen LogP contribution < -0.4 is 0 Å². The second kappa shape index (κ2) is 5.62. The summed E-state index contributed by atoms with van der Waals surface area (Å²) in [6, 6.07) is 0. The molecule has 0 radical (unpaired) electrons. The Bertz CT molecular complexity index is 627. The SMILES string of the molecule is CC(=O)N1CC[C@H]2CN(C(=O)C(C)C)C[C@@]2(c2nc(C)no2)C1. The van der Waals surface area contributed by atoms with Crippen molar-refractivity contribution in [1.82, 2.24) is 19.9 Å². The van der Waals surface area contributed by atoms with E-state index in [2.05, 4.69) is 10.1 Å². The molecule has 1 aromatic heterocycles. The molecule has 3 heterocycles. The molecule has 3 rings (SSSR count). The summed E-state index contributed by atoms with van der Waals surface area (Å²) in [6.45, 7) is 9.69. The zero-order chi connectivity index (χ0) is 16.8. The average molecular weight is 320 g/mol. The van der Waals surface area contributed by atoms with Crippen molar-refractivity contribution in [3.8, 4) is 0 Å². The Balaban J connectivity index is 1.96. The van der Waals surface area contributed by atoms with Crippen LogP contribution in [0.1, 0.15) is 38.9 Å². The zero-order valence-electron chi connectivity index (χ0n) is 14.2. The molecule has 0 spiro atoms. The number of amides is 2. The lowest BCUT2D eigenvalue weighted by Crippen LogP contribution is -2.53. The third kappa shape index (κ3) is 2.62. The van der Waals surface area contributed by atoms with E-state index in [1.807, 2.05) is 23.6 Å². The van der Waals surface area contributed by atoms with Crippen LogP contribution in [0.15, 0.2) is 4.52 Å². The van der Waals surface area contributed by atoms with Gasteiger partial charge in [-0.3, -0.25) is 9.59 Å². The molecule has 2 atom stereocenters. The highest BCUT2D eigenvalue weighted by atomic mass is 16.5. The maximum Gasteiger partial charge on any atom is 0.236 e. The van der Waals surface area contributed by atoms with Crippen molar-refractivity contribution in [2.24, 2.45) is 11.8 Å². The Morgan fingerprint density at radius 1 is 1.30 bits per heavy atom. The Kier molecular flexibility index (Phi) is 3.90. The number of fused-ring (bicyclic) bond motifs is 1. The number of hydrogen-bond acceptors (Lipinski definition) is 5. The van der Waals surface area contributed by atoms with Crippen LogP contribution >= 0.6 is 0 Å². The lowest BCUT2D eigenvalue weighted by molar-refractivity contribution is -0.133. The third-order valence-corrected chi connectivity index (χ3v) is 5.12. The maximum atomic E-state index is 12.5. The lowest BCUT2D eigenvalue weighted by Gasteiger charge is -2.41. The van der Waals surface area contributed by atoms with Gasteiger partial charge in [0.15, 0.2) is 5.82 Å². The molecule has 126 valence electrons. The highest BCUT2D eigenvalue weighted by molar-refractivity contribution is 5.79. The largest absolute Gasteiger partial charge is 0.342 e. The lowest BCUT2D eigenvalue weighted by atomic mass is 9.73. The smallest absolute Gasteiger partial charge is 0.236 e. The summed E-state index contributed by atoms with van der Waals surface area (Å²) in [4.78, 5) is 32.5. The highest BCUT2D eigenvalue weighted by Crippen LogP contribution is 2.44. The Labute approximate surface area is 136 Å². The molecule has 0 aromatic carbocycles. The van der Waals surface area contributed by atoms with Gasteiger partial charge in [-0.15, -0.1) is 0 Å². The van der Waals surface area contributed by atoms with E-state index >= 15 is 0 Å².